The summed E-state index contributed by atoms with van der Waals surface area (Å²) in [5.41, 5.74) is -1.69. The quantitative estimate of drug-likeness (QED) is 0.377. The van der Waals surface area contributed by atoms with Crippen LogP contribution >= 0.6 is 11.3 Å². The van der Waals surface area contributed by atoms with E-state index in [2.05, 4.69) is 15.3 Å². The smallest absolute Gasteiger partial charge is 0.361 e. The predicted octanol–water partition coefficient (Wildman–Crippen LogP) is 5.65. The number of hydrogen-bond donors (Lipinski definition) is 2. The number of alkyl halides is 7. The number of aromatic nitrogens is 2. The molecule has 4 heterocycles. The van der Waals surface area contributed by atoms with Gasteiger partial charge in [-0.25, -0.2) is 27.5 Å². The molecule has 0 bridgehead atoms. The molecular weight excluding hydrogens is 615 g/mol. The maximum Gasteiger partial charge on any atom is 0.405 e. The minimum atomic E-state index is -4.65. The van der Waals surface area contributed by atoms with Crippen LogP contribution in [0.2, 0.25) is 0 Å². The molecule has 17 heteroatoms. The molecule has 2 fully saturated rings. The summed E-state index contributed by atoms with van der Waals surface area (Å²) in [6, 6.07) is -0.570. The van der Waals surface area contributed by atoms with Gasteiger partial charge in [-0.05, 0) is 25.8 Å². The van der Waals surface area contributed by atoms with Gasteiger partial charge in [0.2, 0.25) is 0 Å². The number of carbonyl (C=O) groups excluding carboxylic acids is 2. The first kappa shape index (κ1) is 33.7. The zero-order chi connectivity index (χ0) is 31.4. The fourth-order valence-electron chi connectivity index (χ4n) is 4.48. The third-order valence-electron chi connectivity index (χ3n) is 6.42. The second-order valence-corrected chi connectivity index (χ2v) is 12.3. The minimum absolute atomic E-state index is 0.257. The second kappa shape index (κ2) is 13.7. The number of anilines is 1. The van der Waals surface area contributed by atoms with Crippen molar-refractivity contribution in [3.8, 4) is 10.4 Å². The van der Waals surface area contributed by atoms with Crippen molar-refractivity contribution in [2.45, 2.75) is 70.6 Å². The molecule has 2 aromatic heterocycles. The number of halogens is 7. The molecule has 2 aliphatic rings. The first-order chi connectivity index (χ1) is 19.6. The van der Waals surface area contributed by atoms with Gasteiger partial charge in [0.05, 0.1) is 11.4 Å². The molecule has 234 valence electrons. The highest BCUT2D eigenvalue weighted by Crippen LogP contribution is 2.40. The van der Waals surface area contributed by atoms with E-state index in [1.165, 1.54) is 6.92 Å². The summed E-state index contributed by atoms with van der Waals surface area (Å²) in [7, 11) is -1.000. The molecule has 0 aliphatic carbocycles. The Labute approximate surface area is 243 Å². The van der Waals surface area contributed by atoms with E-state index in [4.69, 9.17) is 0 Å². The van der Waals surface area contributed by atoms with Gasteiger partial charge in [0.15, 0.2) is 5.01 Å². The molecule has 0 radical (unpaired) electrons. The lowest BCUT2D eigenvalue weighted by Crippen LogP contribution is -2.39. The van der Waals surface area contributed by atoms with Gasteiger partial charge < -0.3 is 15.5 Å². The zero-order valence-electron chi connectivity index (χ0n) is 22.9. The van der Waals surface area contributed by atoms with Crippen molar-refractivity contribution in [1.82, 2.24) is 20.2 Å². The maximum atomic E-state index is 14.1. The van der Waals surface area contributed by atoms with Crippen LogP contribution in [0.3, 0.4) is 0 Å². The van der Waals surface area contributed by atoms with Crippen LogP contribution in [0.25, 0.3) is 10.4 Å². The molecule has 0 spiro atoms. The SMILES string of the molecule is CC.CC1CC(F)(F)CN1C(=O)c1nc(C(=O)NC2CCS(=O)CC2)sc1-c1cnc(NCC(F)(F)F)cc1C(F)F. The molecule has 2 aliphatic heterocycles. The Morgan fingerprint density at radius 1 is 1.21 bits per heavy atom. The molecule has 2 saturated heterocycles. The average Bonchev–Trinajstić information content (AvgIpc) is 3.49. The number of hydrogen-bond acceptors (Lipinski definition) is 7. The summed E-state index contributed by atoms with van der Waals surface area (Å²) in [5.74, 6) is -4.70. The van der Waals surface area contributed by atoms with Gasteiger partial charge in [-0.2, -0.15) is 13.2 Å². The maximum absolute atomic E-state index is 14.1. The largest absolute Gasteiger partial charge is 0.405 e. The first-order valence-corrected chi connectivity index (χ1v) is 15.4. The summed E-state index contributed by atoms with van der Waals surface area (Å²) in [5, 5.41) is 4.30. The van der Waals surface area contributed by atoms with Gasteiger partial charge in [-0.3, -0.25) is 13.8 Å². The van der Waals surface area contributed by atoms with E-state index in [0.717, 1.165) is 11.1 Å². The van der Waals surface area contributed by atoms with Crippen molar-refractivity contribution in [3.05, 3.63) is 28.5 Å². The lowest BCUT2D eigenvalue weighted by Gasteiger charge is -2.21. The van der Waals surface area contributed by atoms with Crippen molar-refractivity contribution >= 4 is 39.8 Å². The van der Waals surface area contributed by atoms with E-state index in [9.17, 15) is 44.5 Å². The Bertz CT molecular complexity index is 1300. The van der Waals surface area contributed by atoms with E-state index >= 15 is 0 Å². The summed E-state index contributed by atoms with van der Waals surface area (Å²) in [6.07, 6.45) is -6.83. The van der Waals surface area contributed by atoms with Crippen LogP contribution in [0.1, 0.15) is 72.3 Å². The van der Waals surface area contributed by atoms with Crippen LogP contribution < -0.4 is 10.6 Å². The first-order valence-electron chi connectivity index (χ1n) is 13.1. The van der Waals surface area contributed by atoms with Crippen LogP contribution in [0, 0.1) is 0 Å². The summed E-state index contributed by atoms with van der Waals surface area (Å²) >= 11 is 0.561. The zero-order valence-corrected chi connectivity index (χ0v) is 24.5. The molecule has 0 saturated carbocycles. The molecular formula is C25H30F7N5O3S2. The van der Waals surface area contributed by atoms with Crippen molar-refractivity contribution in [3.63, 3.8) is 0 Å². The third kappa shape index (κ3) is 8.39. The van der Waals surface area contributed by atoms with Crippen molar-refractivity contribution in [2.24, 2.45) is 0 Å². The number of thiazole rings is 1. The van der Waals surface area contributed by atoms with E-state index < -0.39 is 83.8 Å². The highest BCUT2D eigenvalue weighted by molar-refractivity contribution is 7.85. The second-order valence-electron chi connectivity index (χ2n) is 9.56. The predicted molar refractivity (Wildman–Crippen MR) is 145 cm³/mol. The van der Waals surface area contributed by atoms with E-state index in [1.54, 1.807) is 0 Å². The summed E-state index contributed by atoms with van der Waals surface area (Å²) in [4.78, 5) is 34.8. The van der Waals surface area contributed by atoms with Crippen LogP contribution in [0.4, 0.5) is 36.6 Å². The van der Waals surface area contributed by atoms with Crippen LogP contribution in [0.15, 0.2) is 12.3 Å². The normalized spacial score (nSPS) is 22.0. The average molecular weight is 646 g/mol. The third-order valence-corrected chi connectivity index (χ3v) is 8.89. The summed E-state index contributed by atoms with van der Waals surface area (Å²) < 4.78 is 106. The Balaban J connectivity index is 0.00000237. The van der Waals surface area contributed by atoms with Crippen molar-refractivity contribution < 1.29 is 44.5 Å². The molecule has 0 aromatic carbocycles. The van der Waals surface area contributed by atoms with Gasteiger partial charge in [0, 0.05) is 58.1 Å². The Kier molecular flexibility index (Phi) is 10.9. The molecule has 2 aromatic rings. The topological polar surface area (TPSA) is 104 Å². The number of nitrogens with one attached hydrogen (secondary N) is 2. The monoisotopic (exact) mass is 645 g/mol. The minimum Gasteiger partial charge on any atom is -0.361 e. The Morgan fingerprint density at radius 3 is 2.40 bits per heavy atom. The van der Waals surface area contributed by atoms with Gasteiger partial charge in [-0.1, -0.05) is 13.8 Å². The molecule has 1 unspecified atom stereocenters. The lowest BCUT2D eigenvalue weighted by atomic mass is 10.1. The highest BCUT2D eigenvalue weighted by atomic mass is 32.2. The fraction of sp³-hybridized carbons (Fsp3) is 0.600. The number of carbonyl (C=O) groups is 2. The summed E-state index contributed by atoms with van der Waals surface area (Å²) in [6.45, 7) is 2.91. The lowest BCUT2D eigenvalue weighted by molar-refractivity contribution is -0.115. The molecule has 2 N–H and O–H groups in total. The number of amides is 2. The Morgan fingerprint density at radius 2 is 1.86 bits per heavy atom. The highest BCUT2D eigenvalue weighted by Gasteiger charge is 2.46. The van der Waals surface area contributed by atoms with Gasteiger partial charge in [0.25, 0.3) is 24.2 Å². The number of rotatable bonds is 7. The van der Waals surface area contributed by atoms with E-state index in [-0.39, 0.29) is 21.5 Å². The molecule has 1 atom stereocenters. The van der Waals surface area contributed by atoms with Crippen LogP contribution in [-0.2, 0) is 10.8 Å². The number of likely N-dealkylation sites (tertiary alicyclic amines) is 1. The molecule has 42 heavy (non-hydrogen) atoms. The van der Waals surface area contributed by atoms with E-state index in [0.29, 0.717) is 41.8 Å². The van der Waals surface area contributed by atoms with Gasteiger partial charge >= 0.3 is 6.18 Å². The Hall–Kier alpha value is -2.82. The van der Waals surface area contributed by atoms with Crippen molar-refractivity contribution in [1.29, 1.82) is 0 Å². The molecule has 4 rings (SSSR count). The van der Waals surface area contributed by atoms with Crippen molar-refractivity contribution in [2.75, 3.05) is 29.9 Å². The van der Waals surface area contributed by atoms with Gasteiger partial charge in [-0.15, -0.1) is 11.3 Å². The fourth-order valence-corrected chi connectivity index (χ4v) is 6.77. The van der Waals surface area contributed by atoms with Crippen LogP contribution in [-0.4, -0.2) is 79.7 Å². The van der Waals surface area contributed by atoms with E-state index in [1.807, 2.05) is 19.2 Å². The standard InChI is InChI=1S/C23H24F7N5O3S2.C2H6/c1-11-7-22(26,27)10-35(11)21(37)16-17(39-20(34-16)19(36)33-12-2-4-40(38)5-3-12)14-8-31-15(6-13(14)18(24)25)32-9-23(28,29)30;1-2/h6,8,11-12,18H,2-5,7,9-10H2,1H3,(H,31,32)(H,33,36);1-2H3. The number of pyridine rings is 1. The van der Waals surface area contributed by atoms with Crippen LogP contribution in [0.5, 0.6) is 0 Å². The van der Waals surface area contributed by atoms with Gasteiger partial charge in [0.1, 0.15) is 18.1 Å². The molecule has 8 nitrogen and oxygen atoms in total. The molecule has 2 amide bonds. The number of nitrogens with zero attached hydrogens (tertiary/aromatic N) is 3.